The fourth-order valence-electron chi connectivity index (χ4n) is 0.895. The zero-order valence-corrected chi connectivity index (χ0v) is 8.97. The summed E-state index contributed by atoms with van der Waals surface area (Å²) in [7, 11) is 0. The monoisotopic (exact) mass is 223 g/mol. The maximum atomic E-state index is 11.3. The SMILES string of the molecule is C=C(C)C(=O)OCCNC(=O)n1cccn1. The average Bonchev–Trinajstić information content (AvgIpc) is 2.76. The Morgan fingerprint density at radius 3 is 2.88 bits per heavy atom. The van der Waals surface area contributed by atoms with Gasteiger partial charge in [-0.2, -0.15) is 9.78 Å². The Labute approximate surface area is 92.9 Å². The Kier molecular flexibility index (Phi) is 4.26. The van der Waals surface area contributed by atoms with E-state index in [4.69, 9.17) is 4.74 Å². The van der Waals surface area contributed by atoms with Crippen molar-refractivity contribution in [3.05, 3.63) is 30.6 Å². The van der Waals surface area contributed by atoms with Crippen molar-refractivity contribution in [2.45, 2.75) is 6.92 Å². The first-order chi connectivity index (χ1) is 7.61. The molecule has 0 aromatic carbocycles. The fraction of sp³-hybridized carbons (Fsp3) is 0.300. The van der Waals surface area contributed by atoms with Gasteiger partial charge in [-0.25, -0.2) is 9.59 Å². The third kappa shape index (κ3) is 3.56. The molecule has 0 fully saturated rings. The van der Waals surface area contributed by atoms with Crippen molar-refractivity contribution >= 4 is 12.0 Å². The zero-order valence-electron chi connectivity index (χ0n) is 8.97. The van der Waals surface area contributed by atoms with E-state index in [1.807, 2.05) is 0 Å². The number of carbonyl (C=O) groups is 2. The molecule has 0 atom stereocenters. The first-order valence-corrected chi connectivity index (χ1v) is 4.71. The van der Waals surface area contributed by atoms with E-state index < -0.39 is 5.97 Å². The van der Waals surface area contributed by atoms with Crippen LogP contribution in [0.5, 0.6) is 0 Å². The summed E-state index contributed by atoms with van der Waals surface area (Å²) in [6.45, 7) is 5.34. The Balaban J connectivity index is 2.19. The molecule has 0 bridgehead atoms. The van der Waals surface area contributed by atoms with Gasteiger partial charge in [0.25, 0.3) is 0 Å². The normalized spacial score (nSPS) is 9.56. The van der Waals surface area contributed by atoms with Crippen LogP contribution >= 0.6 is 0 Å². The van der Waals surface area contributed by atoms with Crippen LogP contribution in [0.1, 0.15) is 6.92 Å². The number of rotatable bonds is 4. The molecule has 16 heavy (non-hydrogen) atoms. The minimum atomic E-state index is -0.465. The molecule has 0 aliphatic rings. The summed E-state index contributed by atoms with van der Waals surface area (Å²) in [6, 6.07) is 1.28. The number of carbonyl (C=O) groups excluding carboxylic acids is 2. The molecule has 6 heteroatoms. The molecule has 0 aliphatic heterocycles. The minimum absolute atomic E-state index is 0.110. The van der Waals surface area contributed by atoms with Gasteiger partial charge in [-0.05, 0) is 13.0 Å². The van der Waals surface area contributed by atoms with Gasteiger partial charge in [0.2, 0.25) is 0 Å². The topological polar surface area (TPSA) is 73.2 Å². The number of ether oxygens (including phenoxy) is 1. The maximum absolute atomic E-state index is 11.3. The van der Waals surface area contributed by atoms with Crippen molar-refractivity contribution in [1.29, 1.82) is 0 Å². The van der Waals surface area contributed by atoms with E-state index in [0.29, 0.717) is 5.57 Å². The number of esters is 1. The molecule has 1 aromatic rings. The van der Waals surface area contributed by atoms with Crippen LogP contribution in [0, 0.1) is 0 Å². The van der Waals surface area contributed by atoms with Gasteiger partial charge in [-0.1, -0.05) is 6.58 Å². The number of nitrogens with zero attached hydrogens (tertiary/aromatic N) is 2. The highest BCUT2D eigenvalue weighted by molar-refractivity contribution is 5.86. The van der Waals surface area contributed by atoms with Crippen molar-refractivity contribution < 1.29 is 14.3 Å². The van der Waals surface area contributed by atoms with E-state index in [0.717, 1.165) is 4.68 Å². The van der Waals surface area contributed by atoms with Crippen LogP contribution in [-0.2, 0) is 9.53 Å². The molecule has 86 valence electrons. The van der Waals surface area contributed by atoms with Gasteiger partial charge in [0, 0.05) is 18.0 Å². The van der Waals surface area contributed by atoms with Gasteiger partial charge >= 0.3 is 12.0 Å². The van der Waals surface area contributed by atoms with Crippen LogP contribution in [-0.4, -0.2) is 34.9 Å². The van der Waals surface area contributed by atoms with Crippen LogP contribution < -0.4 is 5.32 Å². The van der Waals surface area contributed by atoms with Crippen molar-refractivity contribution in [1.82, 2.24) is 15.1 Å². The Morgan fingerprint density at radius 1 is 1.56 bits per heavy atom. The molecule has 0 aliphatic carbocycles. The third-order valence-electron chi connectivity index (χ3n) is 1.67. The van der Waals surface area contributed by atoms with Gasteiger partial charge < -0.3 is 10.1 Å². The largest absolute Gasteiger partial charge is 0.460 e. The Morgan fingerprint density at radius 2 is 2.31 bits per heavy atom. The molecule has 1 rings (SSSR count). The molecule has 0 saturated carbocycles. The highest BCUT2D eigenvalue weighted by Gasteiger charge is 2.05. The summed E-state index contributed by atoms with van der Waals surface area (Å²) in [5.74, 6) is -0.465. The molecule has 1 N–H and O–H groups in total. The summed E-state index contributed by atoms with van der Waals surface area (Å²) in [4.78, 5) is 22.3. The average molecular weight is 223 g/mol. The lowest BCUT2D eigenvalue weighted by Crippen LogP contribution is -2.32. The summed E-state index contributed by atoms with van der Waals surface area (Å²) >= 11 is 0. The van der Waals surface area contributed by atoms with E-state index in [1.165, 1.54) is 12.4 Å². The van der Waals surface area contributed by atoms with E-state index >= 15 is 0 Å². The van der Waals surface area contributed by atoms with Gasteiger partial charge in [-0.3, -0.25) is 0 Å². The molecule has 6 nitrogen and oxygen atoms in total. The molecule has 0 saturated heterocycles. The predicted molar refractivity (Wildman–Crippen MR) is 56.8 cm³/mol. The van der Waals surface area contributed by atoms with Gasteiger partial charge in [0.05, 0.1) is 6.54 Å². The highest BCUT2D eigenvalue weighted by Crippen LogP contribution is 1.90. The fourth-order valence-corrected chi connectivity index (χ4v) is 0.895. The number of nitrogens with one attached hydrogen (secondary N) is 1. The first kappa shape index (κ1) is 12.0. The zero-order chi connectivity index (χ0) is 12.0. The van der Waals surface area contributed by atoms with Gasteiger partial charge in [-0.15, -0.1) is 0 Å². The predicted octanol–water partition coefficient (Wildman–Crippen LogP) is 0.560. The number of hydrogen-bond acceptors (Lipinski definition) is 4. The molecule has 0 radical (unpaired) electrons. The first-order valence-electron chi connectivity index (χ1n) is 4.71. The van der Waals surface area contributed by atoms with Gasteiger partial charge in [0.15, 0.2) is 0 Å². The Hall–Kier alpha value is -2.11. The minimum Gasteiger partial charge on any atom is -0.460 e. The van der Waals surface area contributed by atoms with E-state index in [2.05, 4.69) is 17.0 Å². The molecule has 1 amide bonds. The summed E-state index contributed by atoms with van der Waals surface area (Å²) < 4.78 is 5.94. The molecule has 0 unspecified atom stereocenters. The van der Waals surface area contributed by atoms with E-state index in [-0.39, 0.29) is 19.2 Å². The summed E-state index contributed by atoms with van der Waals surface area (Å²) in [5.41, 5.74) is 0.332. The summed E-state index contributed by atoms with van der Waals surface area (Å²) in [5, 5.41) is 6.27. The molecular weight excluding hydrogens is 210 g/mol. The lowest BCUT2D eigenvalue weighted by molar-refractivity contribution is -0.138. The van der Waals surface area contributed by atoms with Crippen LogP contribution in [0.3, 0.4) is 0 Å². The smallest absolute Gasteiger partial charge is 0.342 e. The van der Waals surface area contributed by atoms with E-state index in [1.54, 1.807) is 13.0 Å². The molecular formula is C10H13N3O3. The molecule has 1 aromatic heterocycles. The third-order valence-corrected chi connectivity index (χ3v) is 1.67. The van der Waals surface area contributed by atoms with Crippen molar-refractivity contribution in [3.63, 3.8) is 0 Å². The standard InChI is InChI=1S/C10H13N3O3/c1-8(2)9(14)16-7-5-11-10(15)13-6-3-4-12-13/h3-4,6H,1,5,7H2,2H3,(H,11,15). The second kappa shape index (κ2) is 5.69. The van der Waals surface area contributed by atoms with Crippen molar-refractivity contribution in [3.8, 4) is 0 Å². The van der Waals surface area contributed by atoms with Crippen LogP contribution in [0.25, 0.3) is 0 Å². The summed E-state index contributed by atoms with van der Waals surface area (Å²) in [6.07, 6.45) is 3.02. The number of amides is 1. The highest BCUT2D eigenvalue weighted by atomic mass is 16.5. The van der Waals surface area contributed by atoms with Crippen LogP contribution in [0.4, 0.5) is 4.79 Å². The number of aromatic nitrogens is 2. The molecule has 0 spiro atoms. The quantitative estimate of drug-likeness (QED) is 0.460. The van der Waals surface area contributed by atoms with Crippen molar-refractivity contribution in [2.75, 3.05) is 13.2 Å². The lowest BCUT2D eigenvalue weighted by Gasteiger charge is -2.05. The second-order valence-electron chi connectivity index (χ2n) is 3.10. The Bertz CT molecular complexity index is 384. The number of hydrogen-bond donors (Lipinski definition) is 1. The lowest BCUT2D eigenvalue weighted by atomic mass is 10.4. The maximum Gasteiger partial charge on any atom is 0.342 e. The second-order valence-corrected chi connectivity index (χ2v) is 3.10. The van der Waals surface area contributed by atoms with E-state index in [9.17, 15) is 9.59 Å². The molecule has 1 heterocycles. The van der Waals surface area contributed by atoms with Crippen molar-refractivity contribution in [2.24, 2.45) is 0 Å². The van der Waals surface area contributed by atoms with Crippen LogP contribution in [0.2, 0.25) is 0 Å². The van der Waals surface area contributed by atoms with Crippen LogP contribution in [0.15, 0.2) is 30.6 Å². The van der Waals surface area contributed by atoms with Gasteiger partial charge in [0.1, 0.15) is 6.61 Å².